The monoisotopic (exact) mass is 211 g/mol. The van der Waals surface area contributed by atoms with E-state index in [1.54, 1.807) is 11.3 Å². The maximum absolute atomic E-state index is 5.99. The number of piperidine rings is 1. The van der Waals surface area contributed by atoms with Gasteiger partial charge in [-0.25, -0.2) is 4.98 Å². The number of hydrogen-bond acceptors (Lipinski definition) is 4. The summed E-state index contributed by atoms with van der Waals surface area (Å²) in [4.78, 5) is 6.71. The summed E-state index contributed by atoms with van der Waals surface area (Å²) in [5, 5.41) is 3.23. The highest BCUT2D eigenvalue weighted by atomic mass is 32.1. The quantitative estimate of drug-likeness (QED) is 0.802. The number of rotatable bonds is 2. The molecule has 2 heterocycles. The van der Waals surface area contributed by atoms with E-state index in [1.807, 2.05) is 11.6 Å². The molecule has 0 bridgehead atoms. The number of hydrogen-bond donors (Lipinski definition) is 1. The molecule has 14 heavy (non-hydrogen) atoms. The topological polar surface area (TPSA) is 42.1 Å². The van der Waals surface area contributed by atoms with Crippen molar-refractivity contribution in [2.45, 2.75) is 25.9 Å². The SMILES string of the molecule is CC1CC(N)CN(Cc2nccs2)C1. The van der Waals surface area contributed by atoms with Crippen LogP contribution in [0.2, 0.25) is 0 Å². The Bertz CT molecular complexity index is 263. The van der Waals surface area contributed by atoms with Gasteiger partial charge in [0.05, 0.1) is 6.54 Å². The van der Waals surface area contributed by atoms with Crippen LogP contribution in [0.5, 0.6) is 0 Å². The van der Waals surface area contributed by atoms with Crippen LogP contribution in [0.3, 0.4) is 0 Å². The fourth-order valence-corrected chi connectivity index (χ4v) is 2.82. The van der Waals surface area contributed by atoms with Crippen molar-refractivity contribution < 1.29 is 0 Å². The molecule has 1 fully saturated rings. The molecule has 1 aliphatic rings. The molecule has 2 unspecified atom stereocenters. The molecular formula is C10H17N3S. The second-order valence-corrected chi connectivity index (χ2v) is 5.20. The average Bonchev–Trinajstić information content (AvgIpc) is 2.54. The highest BCUT2D eigenvalue weighted by Crippen LogP contribution is 2.17. The third-order valence-electron chi connectivity index (χ3n) is 2.61. The molecule has 2 N–H and O–H groups in total. The zero-order valence-electron chi connectivity index (χ0n) is 8.52. The number of nitrogens with two attached hydrogens (primary N) is 1. The van der Waals surface area contributed by atoms with Crippen LogP contribution in [0.4, 0.5) is 0 Å². The van der Waals surface area contributed by atoms with Crippen molar-refractivity contribution in [2.24, 2.45) is 11.7 Å². The van der Waals surface area contributed by atoms with Crippen molar-refractivity contribution >= 4 is 11.3 Å². The highest BCUT2D eigenvalue weighted by Gasteiger charge is 2.22. The Balaban J connectivity index is 1.91. The fraction of sp³-hybridized carbons (Fsp3) is 0.700. The summed E-state index contributed by atoms with van der Waals surface area (Å²) in [6.07, 6.45) is 3.03. The molecule has 0 aliphatic carbocycles. The standard InChI is InChI=1S/C10H17N3S/c1-8-4-9(11)6-13(5-8)7-10-12-2-3-14-10/h2-3,8-9H,4-7,11H2,1H3. The first-order valence-electron chi connectivity index (χ1n) is 5.10. The van der Waals surface area contributed by atoms with Crippen LogP contribution in [-0.2, 0) is 6.54 Å². The molecule has 0 saturated carbocycles. The lowest BCUT2D eigenvalue weighted by atomic mass is 9.97. The Morgan fingerprint density at radius 3 is 3.14 bits per heavy atom. The van der Waals surface area contributed by atoms with Crippen molar-refractivity contribution in [1.82, 2.24) is 9.88 Å². The van der Waals surface area contributed by atoms with E-state index < -0.39 is 0 Å². The number of aromatic nitrogens is 1. The van der Waals surface area contributed by atoms with Crippen LogP contribution >= 0.6 is 11.3 Å². The van der Waals surface area contributed by atoms with Gasteiger partial charge in [-0.05, 0) is 12.3 Å². The minimum Gasteiger partial charge on any atom is -0.327 e. The minimum atomic E-state index is 0.346. The first-order chi connectivity index (χ1) is 6.74. The Morgan fingerprint density at radius 1 is 1.64 bits per heavy atom. The summed E-state index contributed by atoms with van der Waals surface area (Å²) in [6.45, 7) is 5.42. The van der Waals surface area contributed by atoms with Gasteiger partial charge in [-0.2, -0.15) is 0 Å². The van der Waals surface area contributed by atoms with Crippen molar-refractivity contribution in [3.63, 3.8) is 0 Å². The van der Waals surface area contributed by atoms with Gasteiger partial charge in [-0.15, -0.1) is 11.3 Å². The lowest BCUT2D eigenvalue weighted by Gasteiger charge is -2.34. The van der Waals surface area contributed by atoms with Crippen molar-refractivity contribution in [3.8, 4) is 0 Å². The summed E-state index contributed by atoms with van der Waals surface area (Å²) < 4.78 is 0. The smallest absolute Gasteiger partial charge is 0.107 e. The summed E-state index contributed by atoms with van der Waals surface area (Å²) in [6, 6.07) is 0.346. The van der Waals surface area contributed by atoms with E-state index in [-0.39, 0.29) is 0 Å². The molecule has 3 nitrogen and oxygen atoms in total. The van der Waals surface area contributed by atoms with Gasteiger partial charge in [-0.1, -0.05) is 6.92 Å². The molecule has 1 aliphatic heterocycles. The van der Waals surface area contributed by atoms with E-state index >= 15 is 0 Å². The molecule has 2 rings (SSSR count). The Kier molecular flexibility index (Phi) is 3.15. The average molecular weight is 211 g/mol. The predicted octanol–water partition coefficient (Wildman–Crippen LogP) is 1.31. The van der Waals surface area contributed by atoms with Gasteiger partial charge in [0.1, 0.15) is 5.01 Å². The normalized spacial score (nSPS) is 29.3. The Hall–Kier alpha value is -0.450. The molecule has 1 aromatic heterocycles. The molecule has 1 aromatic rings. The second-order valence-electron chi connectivity index (χ2n) is 4.22. The summed E-state index contributed by atoms with van der Waals surface area (Å²) in [5.74, 6) is 0.721. The first kappa shape index (κ1) is 10.1. The van der Waals surface area contributed by atoms with Crippen molar-refractivity contribution in [2.75, 3.05) is 13.1 Å². The largest absolute Gasteiger partial charge is 0.327 e. The number of likely N-dealkylation sites (tertiary alicyclic amines) is 1. The molecule has 2 atom stereocenters. The number of nitrogens with zero attached hydrogens (tertiary/aromatic N) is 2. The second kappa shape index (κ2) is 4.38. The fourth-order valence-electron chi connectivity index (χ4n) is 2.16. The minimum absolute atomic E-state index is 0.346. The van der Waals surface area contributed by atoms with Crippen LogP contribution in [0.15, 0.2) is 11.6 Å². The van der Waals surface area contributed by atoms with Crippen LogP contribution in [-0.4, -0.2) is 29.0 Å². The third kappa shape index (κ3) is 2.53. The molecule has 1 saturated heterocycles. The van der Waals surface area contributed by atoms with E-state index in [4.69, 9.17) is 5.73 Å². The van der Waals surface area contributed by atoms with Crippen LogP contribution in [0.1, 0.15) is 18.4 Å². The molecule has 0 spiro atoms. The molecular weight excluding hydrogens is 194 g/mol. The molecule has 0 radical (unpaired) electrons. The molecule has 78 valence electrons. The van der Waals surface area contributed by atoms with E-state index in [0.29, 0.717) is 6.04 Å². The van der Waals surface area contributed by atoms with E-state index in [9.17, 15) is 0 Å². The lowest BCUT2D eigenvalue weighted by molar-refractivity contribution is 0.158. The van der Waals surface area contributed by atoms with Crippen LogP contribution in [0.25, 0.3) is 0 Å². The van der Waals surface area contributed by atoms with Gasteiger partial charge in [0.2, 0.25) is 0 Å². The predicted molar refractivity (Wildman–Crippen MR) is 59.1 cm³/mol. The summed E-state index contributed by atoms with van der Waals surface area (Å²) >= 11 is 1.73. The van der Waals surface area contributed by atoms with Gasteiger partial charge >= 0.3 is 0 Å². The first-order valence-corrected chi connectivity index (χ1v) is 5.98. The van der Waals surface area contributed by atoms with E-state index in [0.717, 1.165) is 32.0 Å². The molecule has 4 heteroatoms. The number of thiazole rings is 1. The Labute approximate surface area is 88.9 Å². The third-order valence-corrected chi connectivity index (χ3v) is 3.37. The molecule has 0 aromatic carbocycles. The summed E-state index contributed by atoms with van der Waals surface area (Å²) in [7, 11) is 0. The van der Waals surface area contributed by atoms with E-state index in [1.165, 1.54) is 5.01 Å². The highest BCUT2D eigenvalue weighted by molar-refractivity contribution is 7.09. The van der Waals surface area contributed by atoms with E-state index in [2.05, 4.69) is 16.8 Å². The lowest BCUT2D eigenvalue weighted by Crippen LogP contribution is -2.45. The maximum atomic E-state index is 5.99. The van der Waals surface area contributed by atoms with Crippen molar-refractivity contribution in [1.29, 1.82) is 0 Å². The van der Waals surface area contributed by atoms with Crippen LogP contribution < -0.4 is 5.73 Å². The molecule has 0 amide bonds. The zero-order valence-corrected chi connectivity index (χ0v) is 9.33. The zero-order chi connectivity index (χ0) is 9.97. The van der Waals surface area contributed by atoms with Gasteiger partial charge in [0.15, 0.2) is 0 Å². The van der Waals surface area contributed by atoms with Crippen molar-refractivity contribution in [3.05, 3.63) is 16.6 Å². The maximum Gasteiger partial charge on any atom is 0.107 e. The summed E-state index contributed by atoms with van der Waals surface area (Å²) in [5.41, 5.74) is 5.99. The van der Waals surface area contributed by atoms with Gasteiger partial charge in [0, 0.05) is 30.7 Å². The van der Waals surface area contributed by atoms with Gasteiger partial charge < -0.3 is 5.73 Å². The van der Waals surface area contributed by atoms with Crippen LogP contribution in [0, 0.1) is 5.92 Å². The van der Waals surface area contributed by atoms with Gasteiger partial charge in [0.25, 0.3) is 0 Å². The Morgan fingerprint density at radius 2 is 2.50 bits per heavy atom. The van der Waals surface area contributed by atoms with Gasteiger partial charge in [-0.3, -0.25) is 4.90 Å².